The van der Waals surface area contributed by atoms with E-state index in [1.54, 1.807) is 36.5 Å². The molecule has 0 bridgehead atoms. The van der Waals surface area contributed by atoms with Crippen LogP contribution in [0.2, 0.25) is 0 Å². The summed E-state index contributed by atoms with van der Waals surface area (Å²) < 4.78 is 11.2. The van der Waals surface area contributed by atoms with Crippen LogP contribution in [-0.2, 0) is 22.5 Å². The molecule has 0 radical (unpaired) electrons. The largest absolute Gasteiger partial charge is 0.494 e. The van der Waals surface area contributed by atoms with Crippen LogP contribution in [0, 0.1) is 0 Å². The summed E-state index contributed by atoms with van der Waals surface area (Å²) in [5.74, 6) is -0.0282. The third-order valence-electron chi connectivity index (χ3n) is 8.58. The van der Waals surface area contributed by atoms with E-state index in [9.17, 15) is 14.4 Å². The van der Waals surface area contributed by atoms with Crippen LogP contribution in [0.4, 0.5) is 5.69 Å². The van der Waals surface area contributed by atoms with Crippen molar-refractivity contribution in [1.29, 1.82) is 0 Å². The van der Waals surface area contributed by atoms with Crippen LogP contribution < -0.4 is 10.1 Å². The summed E-state index contributed by atoms with van der Waals surface area (Å²) in [6.07, 6.45) is 2.69. The summed E-state index contributed by atoms with van der Waals surface area (Å²) in [5, 5.41) is 5.21. The van der Waals surface area contributed by atoms with Crippen LogP contribution in [0.3, 0.4) is 0 Å². The van der Waals surface area contributed by atoms with Gasteiger partial charge in [-0.15, -0.1) is 0 Å². The first-order valence-corrected chi connectivity index (χ1v) is 16.9. The van der Waals surface area contributed by atoms with E-state index >= 15 is 0 Å². The number of nitrogens with one attached hydrogen (secondary N) is 1. The molecule has 6 aromatic rings. The van der Waals surface area contributed by atoms with Crippen LogP contribution in [0.1, 0.15) is 44.0 Å². The van der Waals surface area contributed by atoms with Gasteiger partial charge in [-0.1, -0.05) is 109 Å². The van der Waals surface area contributed by atoms with E-state index in [1.807, 2.05) is 114 Å². The van der Waals surface area contributed by atoms with Crippen LogP contribution in [0.15, 0.2) is 146 Å². The Morgan fingerprint density at radius 1 is 0.745 bits per heavy atom. The van der Waals surface area contributed by atoms with Crippen molar-refractivity contribution in [2.24, 2.45) is 0 Å². The van der Waals surface area contributed by atoms with Gasteiger partial charge in [0.25, 0.3) is 5.91 Å². The van der Waals surface area contributed by atoms with Crippen molar-refractivity contribution in [3.63, 3.8) is 0 Å². The number of amides is 1. The number of nitrogens with zero attached hydrogens (tertiary/aromatic N) is 2. The number of pyridine rings is 1. The summed E-state index contributed by atoms with van der Waals surface area (Å²) >= 11 is 0. The molecule has 51 heavy (non-hydrogen) atoms. The third-order valence-corrected chi connectivity index (χ3v) is 8.58. The molecule has 1 N–H and O–H groups in total. The molecule has 0 saturated heterocycles. The fourth-order valence-electron chi connectivity index (χ4n) is 5.90. The van der Waals surface area contributed by atoms with Gasteiger partial charge in [0.05, 0.1) is 13.7 Å². The zero-order chi connectivity index (χ0) is 35.4. The van der Waals surface area contributed by atoms with Gasteiger partial charge >= 0.3 is 5.97 Å². The highest BCUT2D eigenvalue weighted by molar-refractivity contribution is 6.12. The highest BCUT2D eigenvalue weighted by atomic mass is 16.5. The summed E-state index contributed by atoms with van der Waals surface area (Å²) in [6.45, 7) is 1.35. The number of ether oxygens (including phenoxy) is 2. The molecule has 8 heteroatoms. The van der Waals surface area contributed by atoms with Crippen LogP contribution in [-0.4, -0.2) is 53.8 Å². The van der Waals surface area contributed by atoms with Gasteiger partial charge in [-0.2, -0.15) is 0 Å². The Balaban J connectivity index is 1.07. The minimum Gasteiger partial charge on any atom is -0.494 e. The predicted octanol–water partition coefficient (Wildman–Crippen LogP) is 7.77. The SMILES string of the molecule is COC(=O)[C@H](Cc1ccc(OCCCN(Cc2ccccc2)C(=O)c2cc3ccccc3cn2)cc1)Nc1ccccc1C(=O)c1ccccc1. The van der Waals surface area contributed by atoms with E-state index in [-0.39, 0.29) is 11.7 Å². The van der Waals surface area contributed by atoms with Gasteiger partial charge in [0.2, 0.25) is 0 Å². The van der Waals surface area contributed by atoms with Crippen LogP contribution in [0.25, 0.3) is 10.8 Å². The molecule has 0 saturated carbocycles. The van der Waals surface area contributed by atoms with E-state index < -0.39 is 12.0 Å². The van der Waals surface area contributed by atoms with E-state index in [0.29, 0.717) is 60.8 Å². The number of rotatable bonds is 15. The lowest BCUT2D eigenvalue weighted by Gasteiger charge is -2.23. The van der Waals surface area contributed by atoms with Crippen LogP contribution in [0.5, 0.6) is 5.75 Å². The molecule has 0 spiro atoms. The number of carbonyl (C=O) groups excluding carboxylic acids is 3. The van der Waals surface area contributed by atoms with Crippen molar-refractivity contribution in [1.82, 2.24) is 9.88 Å². The molecule has 0 aliphatic rings. The molecule has 1 heterocycles. The maximum absolute atomic E-state index is 13.7. The molecule has 1 amide bonds. The molecule has 5 aromatic carbocycles. The van der Waals surface area contributed by atoms with Crippen molar-refractivity contribution in [3.8, 4) is 5.75 Å². The number of hydrogen-bond acceptors (Lipinski definition) is 7. The van der Waals surface area contributed by atoms with Gasteiger partial charge in [-0.05, 0) is 53.3 Å². The number of ketones is 1. The van der Waals surface area contributed by atoms with Gasteiger partial charge in [0.15, 0.2) is 5.78 Å². The minimum absolute atomic E-state index is 0.130. The smallest absolute Gasteiger partial charge is 0.328 e. The number of anilines is 1. The standard InChI is InChI=1S/C43H39N3O5/c1-50-43(49)40(45-38-20-11-10-19-37(38)41(47)33-15-6-3-7-16-33)27-31-21-23-36(24-22-31)51-26-12-25-46(30-32-13-4-2-5-14-32)42(48)39-28-34-17-8-9-18-35(34)29-44-39/h2-11,13-24,28-29,40,45H,12,25-27,30H2,1H3/t40-/m0/s1. The number of carbonyl (C=O) groups is 3. The van der Waals surface area contributed by atoms with Crippen molar-refractivity contribution in [2.75, 3.05) is 25.6 Å². The average molecular weight is 678 g/mol. The summed E-state index contributed by atoms with van der Waals surface area (Å²) in [4.78, 5) is 46.0. The number of hydrogen-bond donors (Lipinski definition) is 1. The zero-order valence-electron chi connectivity index (χ0n) is 28.4. The van der Waals surface area contributed by atoms with Crippen molar-refractivity contribution < 1.29 is 23.9 Å². The number of aromatic nitrogens is 1. The number of para-hydroxylation sites is 1. The first kappa shape index (κ1) is 34.6. The van der Waals surface area contributed by atoms with Gasteiger partial charge < -0.3 is 19.7 Å². The monoisotopic (exact) mass is 677 g/mol. The second-order valence-corrected chi connectivity index (χ2v) is 12.1. The number of esters is 1. The lowest BCUT2D eigenvalue weighted by molar-refractivity contribution is -0.141. The topological polar surface area (TPSA) is 97.8 Å². The Bertz CT molecular complexity index is 2080. The molecule has 0 aliphatic heterocycles. The molecule has 8 nitrogen and oxygen atoms in total. The van der Waals surface area contributed by atoms with Crippen molar-refractivity contribution >= 4 is 34.1 Å². The summed E-state index contributed by atoms with van der Waals surface area (Å²) in [7, 11) is 1.35. The zero-order valence-corrected chi connectivity index (χ0v) is 28.4. The lowest BCUT2D eigenvalue weighted by atomic mass is 10.00. The fourth-order valence-corrected chi connectivity index (χ4v) is 5.90. The number of benzene rings is 5. The molecule has 6 rings (SSSR count). The minimum atomic E-state index is -0.725. The second-order valence-electron chi connectivity index (χ2n) is 12.1. The normalized spacial score (nSPS) is 11.4. The highest BCUT2D eigenvalue weighted by Crippen LogP contribution is 2.23. The van der Waals surface area contributed by atoms with E-state index in [1.165, 1.54) is 7.11 Å². The average Bonchev–Trinajstić information content (AvgIpc) is 3.19. The molecular weight excluding hydrogens is 638 g/mol. The van der Waals surface area contributed by atoms with Crippen molar-refractivity contribution in [3.05, 3.63) is 174 Å². The Hall–Kier alpha value is -6.28. The van der Waals surface area contributed by atoms with Crippen molar-refractivity contribution in [2.45, 2.75) is 25.4 Å². The molecule has 0 fully saturated rings. The summed E-state index contributed by atoms with van der Waals surface area (Å²) in [5.41, 5.74) is 3.92. The van der Waals surface area contributed by atoms with E-state index in [4.69, 9.17) is 9.47 Å². The molecule has 256 valence electrons. The Labute approximate surface area is 297 Å². The quantitative estimate of drug-likeness (QED) is 0.0674. The van der Waals surface area contributed by atoms with Crippen LogP contribution >= 0.6 is 0 Å². The van der Waals surface area contributed by atoms with E-state index in [2.05, 4.69) is 10.3 Å². The number of methoxy groups -OCH3 is 1. The third kappa shape index (κ3) is 9.05. The predicted molar refractivity (Wildman–Crippen MR) is 199 cm³/mol. The second kappa shape index (κ2) is 16.9. The van der Waals surface area contributed by atoms with E-state index in [0.717, 1.165) is 21.9 Å². The maximum atomic E-state index is 13.7. The molecular formula is C43H39N3O5. The molecule has 0 unspecified atom stereocenters. The first-order chi connectivity index (χ1) is 25.0. The lowest BCUT2D eigenvalue weighted by Crippen LogP contribution is -2.33. The van der Waals surface area contributed by atoms with Gasteiger partial charge in [0.1, 0.15) is 17.5 Å². The fraction of sp³-hybridized carbons (Fsp3) is 0.163. The Morgan fingerprint density at radius 3 is 2.16 bits per heavy atom. The number of fused-ring (bicyclic) bond motifs is 1. The molecule has 0 aliphatic carbocycles. The molecule has 1 aromatic heterocycles. The Kier molecular flexibility index (Phi) is 11.5. The summed E-state index contributed by atoms with van der Waals surface area (Å²) in [6, 6.07) is 42.6. The van der Waals surface area contributed by atoms with Gasteiger partial charge in [-0.3, -0.25) is 14.6 Å². The maximum Gasteiger partial charge on any atom is 0.328 e. The highest BCUT2D eigenvalue weighted by Gasteiger charge is 2.23. The Morgan fingerprint density at radius 2 is 1.41 bits per heavy atom. The van der Waals surface area contributed by atoms with Gasteiger partial charge in [-0.25, -0.2) is 4.79 Å². The molecule has 1 atom stereocenters. The van der Waals surface area contributed by atoms with Gasteiger partial charge in [0, 0.05) is 47.9 Å². The first-order valence-electron chi connectivity index (χ1n) is 16.9.